The molecule has 0 aromatic carbocycles. The van der Waals surface area contributed by atoms with Crippen LogP contribution in [0.5, 0.6) is 0 Å². The highest BCUT2D eigenvalue weighted by Gasteiger charge is 2.49. The lowest BCUT2D eigenvalue weighted by Gasteiger charge is -2.31. The van der Waals surface area contributed by atoms with E-state index in [0.717, 1.165) is 0 Å². The van der Waals surface area contributed by atoms with Crippen LogP contribution in [-0.4, -0.2) is 45.8 Å². The third-order valence-electron chi connectivity index (χ3n) is 2.95. The van der Waals surface area contributed by atoms with E-state index in [9.17, 15) is 9.90 Å². The van der Waals surface area contributed by atoms with E-state index in [1.54, 1.807) is 4.90 Å². The fourth-order valence-corrected chi connectivity index (χ4v) is 2.34. The number of amides is 1. The SMILES string of the molecule is CC(C)(C)OC(=O)N1[C@@H]2C=C2C[C@H]1C(O)CCl. The number of aliphatic hydroxyl groups is 1. The number of fused-ring (bicyclic) bond motifs is 1. The van der Waals surface area contributed by atoms with Crippen molar-refractivity contribution in [2.24, 2.45) is 0 Å². The highest BCUT2D eigenvalue weighted by Crippen LogP contribution is 2.42. The first kappa shape index (κ1) is 12.7. The Kier molecular flexibility index (Phi) is 3.12. The summed E-state index contributed by atoms with van der Waals surface area (Å²) < 4.78 is 5.34. The maximum Gasteiger partial charge on any atom is 0.411 e. The van der Waals surface area contributed by atoms with E-state index < -0.39 is 11.7 Å². The van der Waals surface area contributed by atoms with Gasteiger partial charge >= 0.3 is 6.09 Å². The number of carbonyl (C=O) groups is 1. The summed E-state index contributed by atoms with van der Waals surface area (Å²) in [4.78, 5) is 13.6. The third kappa shape index (κ3) is 2.58. The minimum atomic E-state index is -0.696. The normalized spacial score (nSPS) is 28.5. The molecule has 0 aromatic rings. The van der Waals surface area contributed by atoms with E-state index in [-0.39, 0.29) is 24.1 Å². The predicted molar refractivity (Wildman–Crippen MR) is 65.1 cm³/mol. The smallest absolute Gasteiger partial charge is 0.411 e. The summed E-state index contributed by atoms with van der Waals surface area (Å²) in [5.74, 6) is 0.129. The Morgan fingerprint density at radius 2 is 2.35 bits per heavy atom. The van der Waals surface area contributed by atoms with Gasteiger partial charge in [0.15, 0.2) is 0 Å². The van der Waals surface area contributed by atoms with Crippen molar-refractivity contribution in [1.82, 2.24) is 4.90 Å². The van der Waals surface area contributed by atoms with Crippen LogP contribution in [0.25, 0.3) is 0 Å². The molecule has 0 bridgehead atoms. The number of halogens is 1. The molecule has 1 N–H and O–H groups in total. The van der Waals surface area contributed by atoms with Crippen molar-refractivity contribution in [3.05, 3.63) is 11.6 Å². The summed E-state index contributed by atoms with van der Waals surface area (Å²) in [5.41, 5.74) is 0.676. The first-order chi connectivity index (χ1) is 7.83. The maximum absolute atomic E-state index is 12.0. The molecule has 1 aliphatic carbocycles. The molecule has 0 saturated carbocycles. The van der Waals surface area contributed by atoms with Crippen LogP contribution in [0.1, 0.15) is 27.2 Å². The Morgan fingerprint density at radius 1 is 1.71 bits per heavy atom. The number of hydrogen-bond donors (Lipinski definition) is 1. The molecule has 0 aromatic heterocycles. The fourth-order valence-electron chi connectivity index (χ4n) is 2.14. The molecule has 1 fully saturated rings. The minimum absolute atomic E-state index is 0.0488. The molecule has 2 rings (SSSR count). The second-order valence-corrected chi connectivity index (χ2v) is 5.88. The van der Waals surface area contributed by atoms with Gasteiger partial charge in [-0.15, -0.1) is 11.6 Å². The van der Waals surface area contributed by atoms with Crippen LogP contribution in [0.4, 0.5) is 4.79 Å². The van der Waals surface area contributed by atoms with Gasteiger partial charge in [0, 0.05) is 0 Å². The molecular weight excluding hydrogens is 242 g/mol. The molecule has 2 aliphatic rings. The van der Waals surface area contributed by atoms with Gasteiger partial charge in [0.1, 0.15) is 5.60 Å². The predicted octanol–water partition coefficient (Wildman–Crippen LogP) is 1.90. The highest BCUT2D eigenvalue weighted by molar-refractivity contribution is 6.18. The zero-order valence-corrected chi connectivity index (χ0v) is 11.1. The first-order valence-corrected chi connectivity index (χ1v) is 6.33. The molecule has 1 unspecified atom stereocenters. The third-order valence-corrected chi connectivity index (χ3v) is 3.27. The molecule has 5 heteroatoms. The Labute approximate surface area is 106 Å². The Hall–Kier alpha value is -0.740. The summed E-state index contributed by atoms with van der Waals surface area (Å²) in [7, 11) is 0. The molecule has 96 valence electrons. The average molecular weight is 260 g/mol. The van der Waals surface area contributed by atoms with Crippen LogP contribution in [0, 0.1) is 0 Å². The molecule has 17 heavy (non-hydrogen) atoms. The Balaban J connectivity index is 2.05. The Bertz CT molecular complexity index is 361. The largest absolute Gasteiger partial charge is 0.444 e. The molecule has 0 spiro atoms. The number of aliphatic hydroxyl groups excluding tert-OH is 1. The lowest BCUT2D eigenvalue weighted by Crippen LogP contribution is -2.47. The lowest BCUT2D eigenvalue weighted by atomic mass is 10.1. The van der Waals surface area contributed by atoms with E-state index in [1.165, 1.54) is 5.57 Å². The number of carbonyl (C=O) groups excluding carboxylic acids is 1. The monoisotopic (exact) mass is 259 g/mol. The molecule has 4 nitrogen and oxygen atoms in total. The molecular formula is C12H18ClNO3. The van der Waals surface area contributed by atoms with E-state index in [1.807, 2.05) is 26.8 Å². The zero-order chi connectivity index (χ0) is 12.8. The second kappa shape index (κ2) is 4.18. The van der Waals surface area contributed by atoms with Gasteiger partial charge in [0.05, 0.1) is 24.1 Å². The van der Waals surface area contributed by atoms with Gasteiger partial charge in [-0.05, 0) is 32.8 Å². The van der Waals surface area contributed by atoms with Crippen LogP contribution >= 0.6 is 11.6 Å². The Morgan fingerprint density at radius 3 is 2.88 bits per heavy atom. The average Bonchev–Trinajstić information content (AvgIpc) is 2.85. The summed E-state index contributed by atoms with van der Waals surface area (Å²) in [6.07, 6.45) is 1.65. The highest BCUT2D eigenvalue weighted by atomic mass is 35.5. The molecule has 3 atom stereocenters. The van der Waals surface area contributed by atoms with Crippen LogP contribution in [0.3, 0.4) is 0 Å². The number of ether oxygens (including phenoxy) is 1. The maximum atomic E-state index is 12.0. The quantitative estimate of drug-likeness (QED) is 0.609. The number of likely N-dealkylation sites (tertiary alicyclic amines) is 1. The lowest BCUT2D eigenvalue weighted by molar-refractivity contribution is 0.00438. The standard InChI is InChI=1S/C12H18ClNO3/c1-12(2,3)17-11(16)14-8-4-7(8)5-9(14)10(15)6-13/h4,8-10,15H,5-6H2,1-3H3/t8-,9+,10?/m1/s1. The molecule has 1 aliphatic heterocycles. The molecule has 1 heterocycles. The van der Waals surface area contributed by atoms with Gasteiger partial charge in [-0.25, -0.2) is 4.79 Å². The topological polar surface area (TPSA) is 49.8 Å². The summed E-state index contributed by atoms with van der Waals surface area (Å²) in [5, 5.41) is 9.81. The number of alkyl halides is 1. The van der Waals surface area contributed by atoms with Gasteiger partial charge in [-0.2, -0.15) is 0 Å². The van der Waals surface area contributed by atoms with Crippen molar-refractivity contribution in [3.63, 3.8) is 0 Å². The minimum Gasteiger partial charge on any atom is -0.444 e. The van der Waals surface area contributed by atoms with Crippen molar-refractivity contribution in [2.45, 2.75) is 51.0 Å². The molecule has 1 amide bonds. The number of nitrogens with zero attached hydrogens (tertiary/aromatic N) is 1. The molecule has 1 saturated heterocycles. The summed E-state index contributed by atoms with van der Waals surface area (Å²) in [6, 6.07) is -0.194. The van der Waals surface area contributed by atoms with Crippen molar-refractivity contribution in [2.75, 3.05) is 5.88 Å². The van der Waals surface area contributed by atoms with Gasteiger partial charge in [0.2, 0.25) is 0 Å². The van der Waals surface area contributed by atoms with Crippen molar-refractivity contribution in [1.29, 1.82) is 0 Å². The number of rotatable bonds is 2. The summed E-state index contributed by atoms with van der Waals surface area (Å²) in [6.45, 7) is 5.49. The van der Waals surface area contributed by atoms with Crippen molar-refractivity contribution >= 4 is 17.7 Å². The fraction of sp³-hybridized carbons (Fsp3) is 0.750. The van der Waals surface area contributed by atoms with E-state index in [0.29, 0.717) is 6.42 Å². The van der Waals surface area contributed by atoms with E-state index >= 15 is 0 Å². The number of hydrogen-bond acceptors (Lipinski definition) is 3. The van der Waals surface area contributed by atoms with Crippen LogP contribution in [0.2, 0.25) is 0 Å². The van der Waals surface area contributed by atoms with Crippen LogP contribution < -0.4 is 0 Å². The summed E-state index contributed by atoms with van der Waals surface area (Å²) >= 11 is 5.65. The van der Waals surface area contributed by atoms with E-state index in [4.69, 9.17) is 16.3 Å². The van der Waals surface area contributed by atoms with Crippen LogP contribution in [-0.2, 0) is 4.74 Å². The first-order valence-electron chi connectivity index (χ1n) is 5.79. The van der Waals surface area contributed by atoms with Gasteiger partial charge in [0.25, 0.3) is 0 Å². The second-order valence-electron chi connectivity index (χ2n) is 5.57. The van der Waals surface area contributed by atoms with Gasteiger partial charge in [-0.3, -0.25) is 4.90 Å². The van der Waals surface area contributed by atoms with Gasteiger partial charge in [-0.1, -0.05) is 6.08 Å². The zero-order valence-electron chi connectivity index (χ0n) is 10.3. The van der Waals surface area contributed by atoms with Gasteiger partial charge < -0.3 is 9.84 Å². The van der Waals surface area contributed by atoms with E-state index in [2.05, 4.69) is 0 Å². The van der Waals surface area contributed by atoms with Crippen LogP contribution in [0.15, 0.2) is 11.6 Å². The van der Waals surface area contributed by atoms with Crippen molar-refractivity contribution < 1.29 is 14.6 Å². The van der Waals surface area contributed by atoms with Crippen molar-refractivity contribution in [3.8, 4) is 0 Å². The molecule has 0 radical (unpaired) electrons.